The van der Waals surface area contributed by atoms with E-state index in [1.54, 1.807) is 17.5 Å². The molecule has 1 rings (SSSR count). The maximum atomic E-state index is 4.11. The average molecular weight is 204 g/mol. The molecule has 0 radical (unpaired) electrons. The smallest absolute Gasteiger partial charge is 0.119 e. The number of rotatable bonds is 1. The van der Waals surface area contributed by atoms with Gasteiger partial charge >= 0.3 is 0 Å². The standard InChI is InChI=1S/C6H6BrNS/c1-5(4-7)6-8-2-3-9-6/h2-4H,1H3/b5-4+. The lowest BCUT2D eigenvalue weighted by atomic mass is 10.4. The Morgan fingerprint density at radius 3 is 3.11 bits per heavy atom. The van der Waals surface area contributed by atoms with Crippen LogP contribution in [0.15, 0.2) is 16.6 Å². The van der Waals surface area contributed by atoms with Crippen LogP contribution in [-0.2, 0) is 0 Å². The molecule has 0 saturated carbocycles. The zero-order valence-corrected chi connectivity index (χ0v) is 7.37. The third kappa shape index (κ3) is 1.63. The first-order valence-electron chi connectivity index (χ1n) is 2.51. The van der Waals surface area contributed by atoms with Crippen LogP contribution in [0.25, 0.3) is 5.57 Å². The molecule has 1 aromatic heterocycles. The summed E-state index contributed by atoms with van der Waals surface area (Å²) in [5, 5.41) is 3.04. The fourth-order valence-corrected chi connectivity index (χ4v) is 1.45. The van der Waals surface area contributed by atoms with Gasteiger partial charge in [0.05, 0.1) is 0 Å². The molecule has 1 nitrogen and oxygen atoms in total. The number of nitrogens with zero attached hydrogens (tertiary/aromatic N) is 1. The molecule has 1 heterocycles. The number of aromatic nitrogens is 1. The Morgan fingerprint density at radius 1 is 1.89 bits per heavy atom. The van der Waals surface area contributed by atoms with Gasteiger partial charge in [-0.3, -0.25) is 0 Å². The van der Waals surface area contributed by atoms with Crippen molar-refractivity contribution >= 4 is 32.8 Å². The van der Waals surface area contributed by atoms with Crippen molar-refractivity contribution < 1.29 is 0 Å². The lowest BCUT2D eigenvalue weighted by Gasteiger charge is -1.87. The first kappa shape index (κ1) is 6.96. The Bertz CT molecular complexity index is 203. The Hall–Kier alpha value is -0.150. The maximum absolute atomic E-state index is 4.11. The minimum absolute atomic E-state index is 1.08. The van der Waals surface area contributed by atoms with Crippen molar-refractivity contribution in [2.45, 2.75) is 6.92 Å². The largest absolute Gasteiger partial charge is 0.245 e. The van der Waals surface area contributed by atoms with E-state index in [1.807, 2.05) is 17.3 Å². The van der Waals surface area contributed by atoms with E-state index in [-0.39, 0.29) is 0 Å². The lowest BCUT2D eigenvalue weighted by Crippen LogP contribution is -1.71. The highest BCUT2D eigenvalue weighted by Gasteiger charge is 1.93. The summed E-state index contributed by atoms with van der Waals surface area (Å²) in [6.07, 6.45) is 1.81. The van der Waals surface area contributed by atoms with Crippen LogP contribution in [0.2, 0.25) is 0 Å². The molecule has 0 unspecified atom stereocenters. The van der Waals surface area contributed by atoms with Gasteiger partial charge in [-0.1, -0.05) is 15.9 Å². The normalized spacial score (nSPS) is 12.0. The third-order valence-electron chi connectivity index (χ3n) is 0.933. The van der Waals surface area contributed by atoms with E-state index >= 15 is 0 Å². The monoisotopic (exact) mass is 203 g/mol. The van der Waals surface area contributed by atoms with Gasteiger partial charge in [0.1, 0.15) is 5.01 Å². The van der Waals surface area contributed by atoms with E-state index in [4.69, 9.17) is 0 Å². The molecule has 9 heavy (non-hydrogen) atoms. The van der Waals surface area contributed by atoms with Crippen LogP contribution in [0.1, 0.15) is 11.9 Å². The van der Waals surface area contributed by atoms with Gasteiger partial charge in [-0.2, -0.15) is 0 Å². The summed E-state index contributed by atoms with van der Waals surface area (Å²) in [4.78, 5) is 5.99. The van der Waals surface area contributed by atoms with Crippen molar-refractivity contribution in [1.82, 2.24) is 4.98 Å². The SMILES string of the molecule is C/C(=C\Br)c1nccs1. The highest BCUT2D eigenvalue weighted by molar-refractivity contribution is 9.11. The van der Waals surface area contributed by atoms with Gasteiger partial charge in [-0.15, -0.1) is 11.3 Å². The van der Waals surface area contributed by atoms with Gasteiger partial charge in [-0.25, -0.2) is 4.98 Å². The van der Waals surface area contributed by atoms with Gasteiger partial charge in [-0.05, 0) is 17.5 Å². The summed E-state index contributed by atoms with van der Waals surface area (Å²) < 4.78 is 0. The van der Waals surface area contributed by atoms with E-state index in [0.717, 1.165) is 5.01 Å². The van der Waals surface area contributed by atoms with Crippen molar-refractivity contribution in [3.63, 3.8) is 0 Å². The van der Waals surface area contributed by atoms with Crippen LogP contribution in [0, 0.1) is 0 Å². The molecule has 0 fully saturated rings. The average Bonchev–Trinajstić information content (AvgIpc) is 2.37. The Balaban J connectivity index is 2.90. The van der Waals surface area contributed by atoms with Crippen LogP contribution < -0.4 is 0 Å². The lowest BCUT2D eigenvalue weighted by molar-refractivity contribution is 1.37. The Labute approximate surface area is 66.6 Å². The van der Waals surface area contributed by atoms with Crippen LogP contribution in [0.4, 0.5) is 0 Å². The van der Waals surface area contributed by atoms with Crippen molar-refractivity contribution in [2.24, 2.45) is 0 Å². The molecule has 3 heteroatoms. The first-order valence-corrected chi connectivity index (χ1v) is 4.31. The fraction of sp³-hybridized carbons (Fsp3) is 0.167. The van der Waals surface area contributed by atoms with E-state index in [9.17, 15) is 0 Å². The highest BCUT2D eigenvalue weighted by Crippen LogP contribution is 2.16. The van der Waals surface area contributed by atoms with Gasteiger partial charge in [0, 0.05) is 11.6 Å². The van der Waals surface area contributed by atoms with Crippen molar-refractivity contribution in [3.05, 3.63) is 21.6 Å². The molecule has 0 bridgehead atoms. The molecule has 0 aliphatic rings. The predicted molar refractivity (Wildman–Crippen MR) is 44.7 cm³/mol. The summed E-state index contributed by atoms with van der Waals surface area (Å²) in [6, 6.07) is 0. The zero-order valence-electron chi connectivity index (χ0n) is 4.97. The van der Waals surface area contributed by atoms with Gasteiger partial charge in [0.2, 0.25) is 0 Å². The maximum Gasteiger partial charge on any atom is 0.119 e. The predicted octanol–water partition coefficient (Wildman–Crippen LogP) is 2.90. The summed E-state index contributed by atoms with van der Waals surface area (Å²) >= 11 is 4.89. The molecular weight excluding hydrogens is 198 g/mol. The van der Waals surface area contributed by atoms with E-state index in [1.165, 1.54) is 5.57 Å². The van der Waals surface area contributed by atoms with E-state index < -0.39 is 0 Å². The van der Waals surface area contributed by atoms with Gasteiger partial charge in [0.15, 0.2) is 0 Å². The number of halogens is 1. The van der Waals surface area contributed by atoms with Gasteiger partial charge < -0.3 is 0 Å². The molecule has 0 atom stereocenters. The minimum Gasteiger partial charge on any atom is -0.245 e. The molecule has 0 amide bonds. The van der Waals surface area contributed by atoms with Crippen LogP contribution >= 0.6 is 27.3 Å². The Kier molecular flexibility index (Phi) is 2.42. The Morgan fingerprint density at radius 2 is 2.67 bits per heavy atom. The molecule has 0 aliphatic heterocycles. The number of hydrogen-bond donors (Lipinski definition) is 0. The molecule has 1 aromatic rings. The molecule has 0 saturated heterocycles. The second-order valence-corrected chi connectivity index (χ2v) is 2.98. The minimum atomic E-state index is 1.08. The van der Waals surface area contributed by atoms with E-state index in [2.05, 4.69) is 20.9 Å². The summed E-state index contributed by atoms with van der Waals surface area (Å²) in [6.45, 7) is 2.02. The topological polar surface area (TPSA) is 12.9 Å². The quantitative estimate of drug-likeness (QED) is 0.685. The fourth-order valence-electron chi connectivity index (χ4n) is 0.465. The summed E-state index contributed by atoms with van der Waals surface area (Å²) in [5.74, 6) is 0. The molecule has 48 valence electrons. The highest BCUT2D eigenvalue weighted by atomic mass is 79.9. The van der Waals surface area contributed by atoms with Crippen molar-refractivity contribution in [1.29, 1.82) is 0 Å². The van der Waals surface area contributed by atoms with Crippen LogP contribution in [-0.4, -0.2) is 4.98 Å². The second-order valence-electron chi connectivity index (χ2n) is 1.63. The van der Waals surface area contributed by atoms with Crippen molar-refractivity contribution in [3.8, 4) is 0 Å². The first-order chi connectivity index (χ1) is 4.34. The number of allylic oxidation sites excluding steroid dienone is 1. The summed E-state index contributed by atoms with van der Waals surface area (Å²) in [5.41, 5.74) is 1.17. The summed E-state index contributed by atoms with van der Waals surface area (Å²) in [7, 11) is 0. The van der Waals surface area contributed by atoms with Crippen LogP contribution in [0.3, 0.4) is 0 Å². The molecular formula is C6H6BrNS. The number of hydrogen-bond acceptors (Lipinski definition) is 2. The van der Waals surface area contributed by atoms with E-state index in [0.29, 0.717) is 0 Å². The molecule has 0 aromatic carbocycles. The number of thiazole rings is 1. The van der Waals surface area contributed by atoms with Crippen LogP contribution in [0.5, 0.6) is 0 Å². The van der Waals surface area contributed by atoms with Gasteiger partial charge in [0.25, 0.3) is 0 Å². The molecule has 0 spiro atoms. The zero-order chi connectivity index (χ0) is 6.69. The molecule has 0 N–H and O–H groups in total. The molecule has 0 aliphatic carbocycles. The van der Waals surface area contributed by atoms with Crippen molar-refractivity contribution in [2.75, 3.05) is 0 Å². The second kappa shape index (κ2) is 3.13. The third-order valence-corrected chi connectivity index (χ3v) is 2.53.